The first-order valence-electron chi connectivity index (χ1n) is 5.30. The molecule has 88 valence electrons. The van der Waals surface area contributed by atoms with Gasteiger partial charge in [-0.15, -0.1) is 0 Å². The number of nitrogens with one attached hydrogen (secondary N) is 1. The van der Waals surface area contributed by atoms with Crippen LogP contribution in [0.15, 0.2) is 30.3 Å². The van der Waals surface area contributed by atoms with Crippen molar-refractivity contribution in [2.24, 2.45) is 5.73 Å². The Morgan fingerprint density at radius 1 is 1.44 bits per heavy atom. The molecule has 0 saturated carbocycles. The van der Waals surface area contributed by atoms with E-state index in [0.29, 0.717) is 13.0 Å². The molecule has 0 spiro atoms. The second-order valence-electron chi connectivity index (χ2n) is 3.56. The maximum Gasteiger partial charge on any atom is 0.221 e. The van der Waals surface area contributed by atoms with Gasteiger partial charge in [-0.25, -0.2) is 0 Å². The van der Waals surface area contributed by atoms with Crippen molar-refractivity contribution in [1.82, 2.24) is 5.32 Å². The Morgan fingerprint density at radius 3 is 2.75 bits per heavy atom. The molecule has 0 saturated heterocycles. The summed E-state index contributed by atoms with van der Waals surface area (Å²) in [7, 11) is 0. The van der Waals surface area contributed by atoms with Gasteiger partial charge in [-0.1, -0.05) is 30.3 Å². The topological polar surface area (TPSA) is 55.1 Å². The van der Waals surface area contributed by atoms with Crippen molar-refractivity contribution in [1.29, 1.82) is 0 Å². The van der Waals surface area contributed by atoms with E-state index in [4.69, 9.17) is 5.73 Å². The Labute approximate surface area is 101 Å². The summed E-state index contributed by atoms with van der Waals surface area (Å²) in [6, 6.07) is 9.48. The van der Waals surface area contributed by atoms with Gasteiger partial charge in [0.15, 0.2) is 0 Å². The van der Waals surface area contributed by atoms with Crippen molar-refractivity contribution in [3.05, 3.63) is 35.9 Å². The number of nitrogens with two attached hydrogens (primary N) is 1. The number of carbonyl (C=O) groups excluding carboxylic acids is 1. The van der Waals surface area contributed by atoms with Crippen LogP contribution >= 0.6 is 11.8 Å². The van der Waals surface area contributed by atoms with Crippen LogP contribution in [0.5, 0.6) is 0 Å². The van der Waals surface area contributed by atoms with E-state index >= 15 is 0 Å². The largest absolute Gasteiger partial charge is 0.355 e. The predicted molar refractivity (Wildman–Crippen MR) is 69.4 cm³/mol. The average Bonchev–Trinajstić information content (AvgIpc) is 2.30. The van der Waals surface area contributed by atoms with Gasteiger partial charge in [-0.2, -0.15) is 11.8 Å². The zero-order valence-electron chi connectivity index (χ0n) is 9.48. The molecule has 1 rings (SSSR count). The monoisotopic (exact) mass is 238 g/mol. The minimum Gasteiger partial charge on any atom is -0.355 e. The van der Waals surface area contributed by atoms with Crippen LogP contribution in [0.25, 0.3) is 0 Å². The molecule has 0 fully saturated rings. The number of benzene rings is 1. The molecule has 0 heterocycles. The van der Waals surface area contributed by atoms with Crippen molar-refractivity contribution >= 4 is 17.7 Å². The third-order valence-electron chi connectivity index (χ3n) is 2.26. The maximum atomic E-state index is 11.5. The van der Waals surface area contributed by atoms with Gasteiger partial charge in [0.05, 0.1) is 0 Å². The van der Waals surface area contributed by atoms with Crippen LogP contribution in [0.3, 0.4) is 0 Å². The van der Waals surface area contributed by atoms with Gasteiger partial charge >= 0.3 is 0 Å². The number of amides is 1. The molecule has 1 amide bonds. The van der Waals surface area contributed by atoms with Crippen LogP contribution in [0.1, 0.15) is 18.0 Å². The minimum atomic E-state index is -0.213. The van der Waals surface area contributed by atoms with Crippen molar-refractivity contribution in [2.75, 3.05) is 18.6 Å². The predicted octanol–water partition coefficient (Wildman–Crippen LogP) is 1.56. The quantitative estimate of drug-likeness (QED) is 0.739. The van der Waals surface area contributed by atoms with Gasteiger partial charge in [-0.3, -0.25) is 4.79 Å². The average molecular weight is 238 g/mol. The molecule has 0 aromatic heterocycles. The third-order valence-corrected chi connectivity index (χ3v) is 2.87. The third kappa shape index (κ3) is 4.68. The Bertz CT molecular complexity index is 316. The zero-order chi connectivity index (χ0) is 11.8. The number of thioether (sulfide) groups is 1. The van der Waals surface area contributed by atoms with E-state index in [0.717, 1.165) is 11.3 Å². The summed E-state index contributed by atoms with van der Waals surface area (Å²) >= 11 is 1.71. The highest BCUT2D eigenvalue weighted by Gasteiger charge is 2.10. The fourth-order valence-electron chi connectivity index (χ4n) is 1.38. The normalized spacial score (nSPS) is 12.1. The summed E-state index contributed by atoms with van der Waals surface area (Å²) in [4.78, 5) is 11.5. The molecular weight excluding hydrogens is 220 g/mol. The molecule has 0 aliphatic carbocycles. The van der Waals surface area contributed by atoms with Crippen LogP contribution in [0.2, 0.25) is 0 Å². The fraction of sp³-hybridized carbons (Fsp3) is 0.417. The first kappa shape index (κ1) is 13.1. The van der Waals surface area contributed by atoms with Crippen LogP contribution in [0.4, 0.5) is 0 Å². The minimum absolute atomic E-state index is 0.0189. The summed E-state index contributed by atoms with van der Waals surface area (Å²) in [5, 5.41) is 2.84. The van der Waals surface area contributed by atoms with Gasteiger partial charge in [0.2, 0.25) is 5.91 Å². The van der Waals surface area contributed by atoms with E-state index in [1.54, 1.807) is 11.8 Å². The summed E-state index contributed by atoms with van der Waals surface area (Å²) in [6.07, 6.45) is 2.36. The molecule has 3 nitrogen and oxygen atoms in total. The molecule has 1 aromatic rings. The maximum absolute atomic E-state index is 11.5. The van der Waals surface area contributed by atoms with Gasteiger partial charge in [0, 0.05) is 24.8 Å². The summed E-state index contributed by atoms with van der Waals surface area (Å²) < 4.78 is 0. The highest BCUT2D eigenvalue weighted by atomic mass is 32.2. The van der Waals surface area contributed by atoms with Crippen molar-refractivity contribution in [2.45, 2.75) is 12.5 Å². The van der Waals surface area contributed by atoms with Crippen LogP contribution in [-0.2, 0) is 4.79 Å². The number of hydrogen-bond acceptors (Lipinski definition) is 3. The Morgan fingerprint density at radius 2 is 2.12 bits per heavy atom. The molecule has 0 aliphatic heterocycles. The molecule has 1 aromatic carbocycles. The second-order valence-corrected chi connectivity index (χ2v) is 4.55. The molecule has 0 aliphatic rings. The molecular formula is C12H18N2OS. The summed E-state index contributed by atoms with van der Waals surface area (Å²) in [6.45, 7) is 0.710. The number of carbonyl (C=O) groups is 1. The fourth-order valence-corrected chi connectivity index (χ4v) is 1.69. The second kappa shape index (κ2) is 7.30. The van der Waals surface area contributed by atoms with E-state index < -0.39 is 0 Å². The molecule has 16 heavy (non-hydrogen) atoms. The van der Waals surface area contributed by atoms with Crippen LogP contribution in [-0.4, -0.2) is 24.5 Å². The molecule has 3 N–H and O–H groups in total. The van der Waals surface area contributed by atoms with Crippen molar-refractivity contribution in [3.8, 4) is 0 Å². The Balaban J connectivity index is 2.34. The van der Waals surface area contributed by atoms with E-state index in [9.17, 15) is 4.79 Å². The van der Waals surface area contributed by atoms with Crippen LogP contribution < -0.4 is 11.1 Å². The van der Waals surface area contributed by atoms with Crippen molar-refractivity contribution < 1.29 is 4.79 Å². The molecule has 0 radical (unpaired) electrons. The highest BCUT2D eigenvalue weighted by Crippen LogP contribution is 2.12. The van der Waals surface area contributed by atoms with Gasteiger partial charge in [-0.05, 0) is 11.8 Å². The smallest absolute Gasteiger partial charge is 0.221 e. The first-order valence-corrected chi connectivity index (χ1v) is 6.69. The van der Waals surface area contributed by atoms with E-state index in [-0.39, 0.29) is 11.9 Å². The molecule has 4 heteroatoms. The van der Waals surface area contributed by atoms with Crippen LogP contribution in [0, 0.1) is 0 Å². The molecule has 1 atom stereocenters. The van der Waals surface area contributed by atoms with Gasteiger partial charge in [0.25, 0.3) is 0 Å². The summed E-state index contributed by atoms with van der Waals surface area (Å²) in [5.41, 5.74) is 6.94. The standard InChI is InChI=1S/C12H18N2OS/c1-16-8-7-14-12(15)9-11(13)10-5-3-2-4-6-10/h2-6,11H,7-9,13H2,1H3,(H,14,15). The molecule has 0 bridgehead atoms. The Kier molecular flexibility index (Phi) is 5.96. The van der Waals surface area contributed by atoms with E-state index in [1.807, 2.05) is 36.6 Å². The molecule has 1 unspecified atom stereocenters. The number of hydrogen-bond donors (Lipinski definition) is 2. The lowest BCUT2D eigenvalue weighted by atomic mass is 10.0. The highest BCUT2D eigenvalue weighted by molar-refractivity contribution is 7.98. The lowest BCUT2D eigenvalue weighted by Gasteiger charge is -2.11. The van der Waals surface area contributed by atoms with Gasteiger partial charge in [0.1, 0.15) is 0 Å². The van der Waals surface area contributed by atoms with Gasteiger partial charge < -0.3 is 11.1 Å². The SMILES string of the molecule is CSCCNC(=O)CC(N)c1ccccc1. The van der Waals surface area contributed by atoms with E-state index in [1.165, 1.54) is 0 Å². The zero-order valence-corrected chi connectivity index (χ0v) is 10.3. The Hall–Kier alpha value is -1.00. The van der Waals surface area contributed by atoms with E-state index in [2.05, 4.69) is 5.32 Å². The number of rotatable bonds is 6. The first-order chi connectivity index (χ1) is 7.74. The lowest BCUT2D eigenvalue weighted by molar-refractivity contribution is -0.121. The van der Waals surface area contributed by atoms with Crippen molar-refractivity contribution in [3.63, 3.8) is 0 Å². The summed E-state index contributed by atoms with van der Waals surface area (Å²) in [5.74, 6) is 0.956. The lowest BCUT2D eigenvalue weighted by Crippen LogP contribution is -2.29.